The lowest BCUT2D eigenvalue weighted by Crippen LogP contribution is -2.38. The maximum atomic E-state index is 7.20. The maximum absolute atomic E-state index is 7.20. The minimum atomic E-state index is -1.90. The number of hydrogen-bond acceptors (Lipinski definition) is 3. The highest BCUT2D eigenvalue weighted by Gasteiger charge is 2.30. The smallest absolute Gasteiger partial charge is 0.388 e. The van der Waals surface area contributed by atoms with Crippen molar-refractivity contribution in [3.05, 3.63) is 121 Å². The lowest BCUT2D eigenvalue weighted by molar-refractivity contribution is 0.361. The highest BCUT2D eigenvalue weighted by Crippen LogP contribution is 2.45. The molecule has 238 valence electrons. The normalized spacial score (nSPS) is 13.2. The van der Waals surface area contributed by atoms with E-state index in [0.29, 0.717) is 0 Å². The van der Waals surface area contributed by atoms with Gasteiger partial charge in [-0.1, -0.05) is 161 Å². The first kappa shape index (κ1) is 32.1. The molecule has 7 aromatic rings. The molecular formula is C40H42O3P2Si2. The monoisotopic (exact) mass is 688 g/mol. The van der Waals surface area contributed by atoms with Gasteiger partial charge in [-0.15, -0.1) is 0 Å². The Bertz CT molecular complexity index is 2120. The molecule has 3 nitrogen and oxygen atoms in total. The van der Waals surface area contributed by atoms with Gasteiger partial charge in [-0.05, 0) is 57.4 Å². The fraction of sp³-hybridized carbons (Fsp3) is 0.200. The SMILES string of the molecule is C[C@H](Op1oc2c([Si](C)(C)C)cc3ccccc3c2c2c(o1)c([Si](C)(C)C)cc1ccccc12)P(c1ccccc1)c1ccccc1. The molecule has 7 heteroatoms. The molecule has 0 aliphatic rings. The van der Waals surface area contributed by atoms with E-state index >= 15 is 0 Å². The minimum Gasteiger partial charge on any atom is -0.399 e. The third-order valence-corrected chi connectivity index (χ3v) is 16.7. The molecule has 47 heavy (non-hydrogen) atoms. The van der Waals surface area contributed by atoms with Crippen LogP contribution in [0.25, 0.3) is 43.5 Å². The largest absolute Gasteiger partial charge is 0.399 e. The van der Waals surface area contributed by atoms with Crippen LogP contribution in [0.5, 0.6) is 0 Å². The Kier molecular flexibility index (Phi) is 8.57. The van der Waals surface area contributed by atoms with Crippen LogP contribution < -0.4 is 25.5 Å². The van der Waals surface area contributed by atoms with Crippen molar-refractivity contribution in [2.75, 3.05) is 0 Å². The van der Waals surface area contributed by atoms with Gasteiger partial charge in [0.2, 0.25) is 0 Å². The van der Waals surface area contributed by atoms with Gasteiger partial charge in [0.15, 0.2) is 0 Å². The van der Waals surface area contributed by atoms with E-state index < -0.39 is 32.3 Å². The van der Waals surface area contributed by atoms with Gasteiger partial charge in [-0.3, -0.25) is 4.52 Å². The average Bonchev–Trinajstić information content (AvgIpc) is 3.21. The molecule has 0 unspecified atom stereocenters. The predicted molar refractivity (Wildman–Crippen MR) is 212 cm³/mol. The van der Waals surface area contributed by atoms with Crippen LogP contribution in [0.2, 0.25) is 39.3 Å². The molecule has 0 aliphatic heterocycles. The standard InChI is InChI=1S/C40H42O3P2Si2/c1-28(44(31-20-10-8-11-21-31)32-22-12-9-13-23-32)41-45-42-39-35(46(2,3)4)26-29-18-14-16-24-33(29)37(39)38-34-25-17-15-19-30(34)27-36(40(38)43-45)47(5,6)7/h8-28H,1-7H3/t28-/m1/s1. The number of fused-ring (bicyclic) bond motifs is 7. The third-order valence-electron chi connectivity index (χ3n) is 8.87. The zero-order valence-electron chi connectivity index (χ0n) is 28.2. The van der Waals surface area contributed by atoms with E-state index in [9.17, 15) is 0 Å². The molecule has 0 fully saturated rings. The van der Waals surface area contributed by atoms with Crippen LogP contribution in [-0.4, -0.2) is 22.0 Å². The van der Waals surface area contributed by atoms with Crippen LogP contribution >= 0.6 is 16.2 Å². The fourth-order valence-corrected chi connectivity index (χ4v) is 13.4. The molecule has 1 aromatic heterocycles. The van der Waals surface area contributed by atoms with E-state index in [1.165, 1.54) is 42.5 Å². The Hall–Kier alpha value is -3.44. The summed E-state index contributed by atoms with van der Waals surface area (Å²) in [6.45, 7) is 16.6. The van der Waals surface area contributed by atoms with E-state index in [2.05, 4.69) is 168 Å². The van der Waals surface area contributed by atoms with Crippen molar-refractivity contribution >= 4 is 96.8 Å². The van der Waals surface area contributed by atoms with E-state index in [1.807, 2.05) is 0 Å². The summed E-state index contributed by atoms with van der Waals surface area (Å²) >= 11 is 0. The van der Waals surface area contributed by atoms with Gasteiger partial charge in [0.05, 0.1) is 22.0 Å². The Balaban J connectivity index is 1.61. The van der Waals surface area contributed by atoms with E-state index in [0.717, 1.165) is 21.9 Å². The Morgan fingerprint density at radius 3 is 1.34 bits per heavy atom. The van der Waals surface area contributed by atoms with E-state index in [1.54, 1.807) is 0 Å². The first-order valence-electron chi connectivity index (χ1n) is 16.4. The predicted octanol–water partition coefficient (Wildman–Crippen LogP) is 10.6. The summed E-state index contributed by atoms with van der Waals surface area (Å²) in [5.41, 5.74) is 1.86. The molecule has 0 saturated carbocycles. The third kappa shape index (κ3) is 6.17. The van der Waals surface area contributed by atoms with Crippen molar-refractivity contribution in [2.45, 2.75) is 52.1 Å². The summed E-state index contributed by atoms with van der Waals surface area (Å²) in [5.74, 6) is -0.155. The number of hydrogen-bond donors (Lipinski definition) is 0. The van der Waals surface area contributed by atoms with Crippen molar-refractivity contribution in [3.8, 4) is 0 Å². The van der Waals surface area contributed by atoms with Gasteiger partial charge in [0.1, 0.15) is 11.2 Å². The van der Waals surface area contributed by atoms with E-state index in [4.69, 9.17) is 12.9 Å². The molecule has 0 amide bonds. The molecular weight excluding hydrogens is 647 g/mol. The number of rotatable bonds is 7. The van der Waals surface area contributed by atoms with Crippen molar-refractivity contribution in [3.63, 3.8) is 0 Å². The van der Waals surface area contributed by atoms with Crippen LogP contribution in [0, 0.1) is 0 Å². The molecule has 0 radical (unpaired) electrons. The van der Waals surface area contributed by atoms with Crippen LogP contribution in [0.1, 0.15) is 6.92 Å². The summed E-state index contributed by atoms with van der Waals surface area (Å²) in [6, 6.07) is 43.8. The molecule has 0 saturated heterocycles. The second-order valence-corrected chi connectivity index (χ2v) is 28.0. The summed E-state index contributed by atoms with van der Waals surface area (Å²) in [6.07, 6.45) is 0. The lowest BCUT2D eigenvalue weighted by atomic mass is 9.98. The Morgan fingerprint density at radius 2 is 0.936 bits per heavy atom. The molecule has 0 aliphatic carbocycles. The lowest BCUT2D eigenvalue weighted by Gasteiger charge is -2.24. The van der Waals surface area contributed by atoms with Gasteiger partial charge in [-0.25, -0.2) is 0 Å². The minimum absolute atomic E-state index is 0.155. The first-order valence-corrected chi connectivity index (χ1v) is 25.9. The van der Waals surface area contributed by atoms with Crippen LogP contribution in [0.15, 0.2) is 130 Å². The van der Waals surface area contributed by atoms with Gasteiger partial charge in [0, 0.05) is 10.8 Å². The molecule has 1 heterocycles. The van der Waals surface area contributed by atoms with Crippen molar-refractivity contribution in [2.24, 2.45) is 0 Å². The van der Waals surface area contributed by atoms with Crippen LogP contribution in [0.3, 0.4) is 0 Å². The van der Waals surface area contributed by atoms with Gasteiger partial charge < -0.3 is 8.39 Å². The van der Waals surface area contributed by atoms with Crippen molar-refractivity contribution in [1.29, 1.82) is 0 Å². The molecule has 7 rings (SSSR count). The van der Waals surface area contributed by atoms with Crippen molar-refractivity contribution in [1.82, 2.24) is 0 Å². The highest BCUT2D eigenvalue weighted by atomic mass is 31.1. The second-order valence-electron chi connectivity index (χ2n) is 14.4. The highest BCUT2D eigenvalue weighted by molar-refractivity contribution is 7.73. The zero-order chi connectivity index (χ0) is 32.9. The first-order chi connectivity index (χ1) is 22.5. The second kappa shape index (κ2) is 12.5. The summed E-state index contributed by atoms with van der Waals surface area (Å²) in [5, 5.41) is 12.3. The molecule has 0 N–H and O–H groups in total. The van der Waals surface area contributed by atoms with Crippen LogP contribution in [-0.2, 0) is 0 Å². The molecule has 1 atom stereocenters. The topological polar surface area (TPSA) is 35.5 Å². The van der Waals surface area contributed by atoms with Gasteiger partial charge in [-0.2, -0.15) is 0 Å². The van der Waals surface area contributed by atoms with Gasteiger partial charge in [0.25, 0.3) is 0 Å². The Morgan fingerprint density at radius 1 is 0.553 bits per heavy atom. The van der Waals surface area contributed by atoms with Crippen molar-refractivity contribution < 1.29 is 12.9 Å². The van der Waals surface area contributed by atoms with E-state index in [-0.39, 0.29) is 5.85 Å². The summed E-state index contributed by atoms with van der Waals surface area (Å²) in [7, 11) is -6.45. The zero-order valence-corrected chi connectivity index (χ0v) is 32.0. The number of benzene rings is 6. The maximum Gasteiger partial charge on any atom is 0.388 e. The fourth-order valence-electron chi connectivity index (χ4n) is 6.59. The summed E-state index contributed by atoms with van der Waals surface area (Å²) < 4.78 is 21.5. The Labute approximate surface area is 282 Å². The van der Waals surface area contributed by atoms with Gasteiger partial charge >= 0.3 is 8.24 Å². The molecule has 0 spiro atoms. The average molecular weight is 689 g/mol. The molecule has 6 aromatic carbocycles. The van der Waals surface area contributed by atoms with Crippen LogP contribution in [0.4, 0.5) is 0 Å². The summed E-state index contributed by atoms with van der Waals surface area (Å²) in [4.78, 5) is 0. The quantitative estimate of drug-likeness (QED) is 0.124. The molecule has 0 bridgehead atoms.